The van der Waals surface area contributed by atoms with Gasteiger partial charge < -0.3 is 0 Å². The van der Waals surface area contributed by atoms with Gasteiger partial charge in [-0.3, -0.25) is 0 Å². The average Bonchev–Trinajstić information content (AvgIpc) is 2.52. The Labute approximate surface area is 90.5 Å². The van der Waals surface area contributed by atoms with Gasteiger partial charge in [0.1, 0.15) is 0 Å². The van der Waals surface area contributed by atoms with Crippen LogP contribution >= 0.6 is 0 Å². The minimum absolute atomic E-state index is 0.643. The first-order chi connectivity index (χ1) is 6.41. The standard InChI is InChI=1S/C14H28/c1-7-8-12-13(14(12,5)6)11(4)9-10(2)3/h10-13H,7-9H2,1-6H3. The maximum Gasteiger partial charge on any atom is -0.0289 e. The van der Waals surface area contributed by atoms with E-state index in [4.69, 9.17) is 0 Å². The van der Waals surface area contributed by atoms with Gasteiger partial charge in [-0.2, -0.15) is 0 Å². The van der Waals surface area contributed by atoms with E-state index < -0.39 is 0 Å². The Hall–Kier alpha value is 0. The number of rotatable bonds is 5. The smallest absolute Gasteiger partial charge is 0.0289 e. The Morgan fingerprint density at radius 1 is 1.14 bits per heavy atom. The van der Waals surface area contributed by atoms with Gasteiger partial charge in [-0.1, -0.05) is 48.0 Å². The molecule has 0 heterocycles. The molecule has 1 fully saturated rings. The second-order valence-electron chi connectivity index (χ2n) is 6.35. The van der Waals surface area contributed by atoms with E-state index in [2.05, 4.69) is 41.5 Å². The zero-order chi connectivity index (χ0) is 10.9. The lowest BCUT2D eigenvalue weighted by atomic mass is 9.91. The van der Waals surface area contributed by atoms with Crippen LogP contribution in [0.3, 0.4) is 0 Å². The molecule has 0 saturated heterocycles. The summed E-state index contributed by atoms with van der Waals surface area (Å²) in [6.07, 6.45) is 4.22. The van der Waals surface area contributed by atoms with Gasteiger partial charge in [-0.15, -0.1) is 0 Å². The molecule has 0 spiro atoms. The molecule has 1 aliphatic rings. The Balaban J connectivity index is 2.46. The summed E-state index contributed by atoms with van der Waals surface area (Å²) in [5, 5.41) is 0. The maximum atomic E-state index is 2.47. The highest BCUT2D eigenvalue weighted by Gasteiger charge is 2.58. The van der Waals surface area contributed by atoms with Crippen LogP contribution in [0.2, 0.25) is 0 Å². The predicted molar refractivity (Wildman–Crippen MR) is 64.3 cm³/mol. The normalized spacial score (nSPS) is 31.9. The number of hydrogen-bond donors (Lipinski definition) is 0. The summed E-state index contributed by atoms with van der Waals surface area (Å²) in [6, 6.07) is 0. The maximum absolute atomic E-state index is 2.47. The van der Waals surface area contributed by atoms with Gasteiger partial charge >= 0.3 is 0 Å². The van der Waals surface area contributed by atoms with Crippen LogP contribution in [-0.2, 0) is 0 Å². The SMILES string of the molecule is CCCC1C(C(C)CC(C)C)C1(C)C. The molecule has 0 aromatic heterocycles. The molecule has 0 aromatic rings. The third-order valence-corrected chi connectivity index (χ3v) is 4.20. The lowest BCUT2D eigenvalue weighted by Crippen LogP contribution is -2.06. The summed E-state index contributed by atoms with van der Waals surface area (Å²) in [7, 11) is 0. The van der Waals surface area contributed by atoms with Gasteiger partial charge in [0.05, 0.1) is 0 Å². The molecular weight excluding hydrogens is 168 g/mol. The van der Waals surface area contributed by atoms with Crippen molar-refractivity contribution in [3.05, 3.63) is 0 Å². The van der Waals surface area contributed by atoms with Crippen LogP contribution in [0.25, 0.3) is 0 Å². The fraction of sp³-hybridized carbons (Fsp3) is 1.00. The van der Waals surface area contributed by atoms with Gasteiger partial charge in [-0.25, -0.2) is 0 Å². The zero-order valence-electron chi connectivity index (χ0n) is 10.9. The molecule has 0 amide bonds. The van der Waals surface area contributed by atoms with E-state index in [9.17, 15) is 0 Å². The molecule has 0 radical (unpaired) electrons. The molecule has 0 N–H and O–H groups in total. The third kappa shape index (κ3) is 2.32. The Morgan fingerprint density at radius 2 is 1.71 bits per heavy atom. The summed E-state index contributed by atoms with van der Waals surface area (Å²) in [5.74, 6) is 3.82. The molecule has 0 aliphatic heterocycles. The summed E-state index contributed by atoms with van der Waals surface area (Å²) in [6.45, 7) is 14.4. The van der Waals surface area contributed by atoms with Crippen LogP contribution in [0.5, 0.6) is 0 Å². The van der Waals surface area contributed by atoms with Crippen molar-refractivity contribution < 1.29 is 0 Å². The largest absolute Gasteiger partial charge is 0.0654 e. The molecule has 3 atom stereocenters. The lowest BCUT2D eigenvalue weighted by Gasteiger charge is -2.15. The number of hydrogen-bond acceptors (Lipinski definition) is 0. The minimum Gasteiger partial charge on any atom is -0.0654 e. The van der Waals surface area contributed by atoms with E-state index in [0.717, 1.165) is 23.7 Å². The van der Waals surface area contributed by atoms with Gasteiger partial charge in [0.25, 0.3) is 0 Å². The average molecular weight is 196 g/mol. The molecule has 14 heavy (non-hydrogen) atoms. The van der Waals surface area contributed by atoms with Crippen LogP contribution in [0.1, 0.15) is 60.8 Å². The molecule has 1 saturated carbocycles. The zero-order valence-corrected chi connectivity index (χ0v) is 10.9. The molecule has 84 valence electrons. The van der Waals surface area contributed by atoms with Crippen molar-refractivity contribution in [2.75, 3.05) is 0 Å². The van der Waals surface area contributed by atoms with Crippen molar-refractivity contribution in [3.63, 3.8) is 0 Å². The van der Waals surface area contributed by atoms with Crippen LogP contribution in [0, 0.1) is 29.1 Å². The fourth-order valence-electron chi connectivity index (χ4n) is 3.67. The van der Waals surface area contributed by atoms with Gasteiger partial charge in [0.15, 0.2) is 0 Å². The predicted octanol–water partition coefficient (Wildman–Crippen LogP) is 4.74. The van der Waals surface area contributed by atoms with E-state index in [1.807, 2.05) is 0 Å². The van der Waals surface area contributed by atoms with Gasteiger partial charge in [-0.05, 0) is 41.9 Å². The van der Waals surface area contributed by atoms with Crippen molar-refractivity contribution in [2.45, 2.75) is 60.8 Å². The molecular formula is C14H28. The van der Waals surface area contributed by atoms with Crippen LogP contribution in [0.15, 0.2) is 0 Å². The van der Waals surface area contributed by atoms with Crippen molar-refractivity contribution in [3.8, 4) is 0 Å². The third-order valence-electron chi connectivity index (χ3n) is 4.20. The Kier molecular flexibility index (Phi) is 3.66. The quantitative estimate of drug-likeness (QED) is 0.595. The monoisotopic (exact) mass is 196 g/mol. The minimum atomic E-state index is 0.643. The molecule has 1 rings (SSSR count). The summed E-state index contributed by atoms with van der Waals surface area (Å²) in [4.78, 5) is 0. The second kappa shape index (κ2) is 4.24. The highest BCUT2D eigenvalue weighted by atomic mass is 14.6. The van der Waals surface area contributed by atoms with Crippen LogP contribution in [0.4, 0.5) is 0 Å². The van der Waals surface area contributed by atoms with E-state index in [-0.39, 0.29) is 0 Å². The molecule has 3 unspecified atom stereocenters. The first-order valence-electron chi connectivity index (χ1n) is 6.41. The lowest BCUT2D eigenvalue weighted by molar-refractivity contribution is 0.351. The van der Waals surface area contributed by atoms with E-state index in [1.165, 1.54) is 19.3 Å². The molecule has 0 bridgehead atoms. The van der Waals surface area contributed by atoms with E-state index in [1.54, 1.807) is 0 Å². The van der Waals surface area contributed by atoms with Crippen molar-refractivity contribution in [1.82, 2.24) is 0 Å². The van der Waals surface area contributed by atoms with Crippen LogP contribution in [-0.4, -0.2) is 0 Å². The van der Waals surface area contributed by atoms with E-state index in [0.29, 0.717) is 5.41 Å². The fourth-order valence-corrected chi connectivity index (χ4v) is 3.67. The summed E-state index contributed by atoms with van der Waals surface area (Å²) >= 11 is 0. The molecule has 0 nitrogen and oxygen atoms in total. The second-order valence-corrected chi connectivity index (χ2v) is 6.35. The van der Waals surface area contributed by atoms with Gasteiger partial charge in [0, 0.05) is 0 Å². The Morgan fingerprint density at radius 3 is 2.14 bits per heavy atom. The van der Waals surface area contributed by atoms with Crippen molar-refractivity contribution in [2.24, 2.45) is 29.1 Å². The molecule has 1 aliphatic carbocycles. The van der Waals surface area contributed by atoms with Crippen LogP contribution < -0.4 is 0 Å². The van der Waals surface area contributed by atoms with E-state index >= 15 is 0 Å². The first-order valence-corrected chi connectivity index (χ1v) is 6.41. The highest BCUT2D eigenvalue weighted by molar-refractivity contribution is 5.06. The summed E-state index contributed by atoms with van der Waals surface area (Å²) in [5.41, 5.74) is 0.643. The topological polar surface area (TPSA) is 0 Å². The Bertz CT molecular complexity index is 178. The van der Waals surface area contributed by atoms with Crippen molar-refractivity contribution in [1.29, 1.82) is 0 Å². The van der Waals surface area contributed by atoms with Crippen molar-refractivity contribution >= 4 is 0 Å². The summed E-state index contributed by atoms with van der Waals surface area (Å²) < 4.78 is 0. The molecule has 0 heteroatoms. The van der Waals surface area contributed by atoms with Gasteiger partial charge in [0.2, 0.25) is 0 Å². The highest BCUT2D eigenvalue weighted by Crippen LogP contribution is 2.64. The first kappa shape index (κ1) is 12.1. The molecule has 0 aromatic carbocycles.